The predicted octanol–water partition coefficient (Wildman–Crippen LogP) is 1.51. The first-order valence-electron chi connectivity index (χ1n) is 7.79. The highest BCUT2D eigenvalue weighted by molar-refractivity contribution is 9.10. The van der Waals surface area contributed by atoms with Gasteiger partial charge in [0.05, 0.1) is 7.05 Å². The van der Waals surface area contributed by atoms with E-state index in [9.17, 15) is 4.79 Å². The molecule has 122 valence electrons. The van der Waals surface area contributed by atoms with Crippen molar-refractivity contribution in [2.24, 2.45) is 10.7 Å². The lowest BCUT2D eigenvalue weighted by molar-refractivity contribution is -0.680. The van der Waals surface area contributed by atoms with Crippen LogP contribution < -0.4 is 15.4 Å². The number of fused-ring (bicyclic) bond motifs is 2. The zero-order chi connectivity index (χ0) is 16.9. The molecule has 0 aliphatic carbocycles. The maximum atomic E-state index is 10.9. The minimum atomic E-state index is -0.883. The maximum Gasteiger partial charge on any atom is 0.520 e. The third-order valence-electron chi connectivity index (χ3n) is 4.75. The van der Waals surface area contributed by atoms with Crippen LogP contribution in [0.15, 0.2) is 58.0 Å². The molecule has 2 aliphatic rings. The van der Waals surface area contributed by atoms with Gasteiger partial charge in [-0.2, -0.15) is 9.89 Å². The summed E-state index contributed by atoms with van der Waals surface area (Å²) in [4.78, 5) is 16.2. The number of hydrogen-bond donors (Lipinski definition) is 2. The highest BCUT2D eigenvalue weighted by Gasteiger charge is 2.62. The van der Waals surface area contributed by atoms with Crippen molar-refractivity contribution in [3.05, 3.63) is 64.1 Å². The summed E-state index contributed by atoms with van der Waals surface area (Å²) in [7, 11) is 1.80. The molecule has 1 spiro atoms. The lowest BCUT2D eigenvalue weighted by Crippen LogP contribution is -3.15. The van der Waals surface area contributed by atoms with E-state index in [-0.39, 0.29) is 12.0 Å². The van der Waals surface area contributed by atoms with E-state index in [1.165, 1.54) is 0 Å². The van der Waals surface area contributed by atoms with Crippen molar-refractivity contribution >= 4 is 27.8 Å². The number of nitrogens with one attached hydrogen (secondary N) is 1. The molecule has 4 N–H and O–H groups in total. The molecule has 6 heteroatoms. The molecule has 2 aromatic rings. The Morgan fingerprint density at radius 3 is 2.71 bits per heavy atom. The molecule has 2 aliphatic heterocycles. The SMILES string of the molecule is C[NH+]1C(=[OH+])C2(CC(c3ccccc3)Oc3ccc(Br)cc32)N=C1N. The molecule has 0 saturated carbocycles. The van der Waals surface area contributed by atoms with Gasteiger partial charge in [0.1, 0.15) is 11.9 Å². The number of hydrogen-bond acceptors (Lipinski definition) is 3. The highest BCUT2D eigenvalue weighted by Crippen LogP contribution is 2.48. The number of nitrogens with zero attached hydrogens (tertiary/aromatic N) is 1. The second-order valence-electron chi connectivity index (χ2n) is 6.19. The Balaban J connectivity index is 1.89. The number of amides is 1. The van der Waals surface area contributed by atoms with Crippen molar-refractivity contribution in [1.29, 1.82) is 0 Å². The van der Waals surface area contributed by atoms with Gasteiger partial charge in [-0.3, -0.25) is 0 Å². The molecule has 3 unspecified atom stereocenters. The van der Waals surface area contributed by atoms with Crippen molar-refractivity contribution in [2.75, 3.05) is 7.05 Å². The van der Waals surface area contributed by atoms with E-state index >= 15 is 0 Å². The molecular weight excluding hydrogens is 370 g/mol. The molecule has 3 atom stereocenters. The van der Waals surface area contributed by atoms with Gasteiger partial charge >= 0.3 is 11.9 Å². The largest absolute Gasteiger partial charge is 0.520 e. The number of halogens is 1. The van der Waals surface area contributed by atoms with Crippen LogP contribution in [0.5, 0.6) is 5.75 Å². The summed E-state index contributed by atoms with van der Waals surface area (Å²) in [6.45, 7) is 0. The number of likely N-dealkylation sites (N-methyl/N-ethyl adjacent to an activating group) is 1. The summed E-state index contributed by atoms with van der Waals surface area (Å²) >= 11 is 3.50. The Morgan fingerprint density at radius 2 is 2.04 bits per heavy atom. The average Bonchev–Trinajstić information content (AvgIpc) is 2.81. The molecule has 4 rings (SSSR count). The third kappa shape index (κ3) is 2.17. The molecule has 0 aromatic heterocycles. The first kappa shape index (κ1) is 15.4. The molecule has 5 nitrogen and oxygen atoms in total. The number of guanidine groups is 1. The molecule has 0 saturated heterocycles. The van der Waals surface area contributed by atoms with Gasteiger partial charge < -0.3 is 10.5 Å². The van der Waals surface area contributed by atoms with Crippen LogP contribution in [0.25, 0.3) is 0 Å². The van der Waals surface area contributed by atoms with Crippen molar-refractivity contribution < 1.29 is 14.4 Å². The normalized spacial score (nSPS) is 28.4. The summed E-state index contributed by atoms with van der Waals surface area (Å²) < 4.78 is 7.12. The first-order chi connectivity index (χ1) is 11.5. The number of quaternary nitrogens is 1. The number of benzene rings is 2. The van der Waals surface area contributed by atoms with Gasteiger partial charge in [0.15, 0.2) is 0 Å². The van der Waals surface area contributed by atoms with E-state index in [2.05, 4.69) is 20.9 Å². The molecular formula is C18H18BrN3O2+2. The summed E-state index contributed by atoms with van der Waals surface area (Å²) in [5, 5.41) is 0. The Hall–Kier alpha value is -2.18. The Labute approximate surface area is 148 Å². The molecule has 0 fully saturated rings. The van der Waals surface area contributed by atoms with E-state index in [1.54, 1.807) is 7.05 Å². The summed E-state index contributed by atoms with van der Waals surface area (Å²) in [5.74, 6) is 1.31. The van der Waals surface area contributed by atoms with Crippen molar-refractivity contribution in [1.82, 2.24) is 0 Å². The van der Waals surface area contributed by atoms with Crippen LogP contribution in [0, 0.1) is 0 Å². The predicted molar refractivity (Wildman–Crippen MR) is 95.7 cm³/mol. The summed E-state index contributed by atoms with van der Waals surface area (Å²) in [6, 6.07) is 15.8. The van der Waals surface area contributed by atoms with Crippen LogP contribution in [0.3, 0.4) is 0 Å². The second-order valence-corrected chi connectivity index (χ2v) is 7.11. The fourth-order valence-corrected chi connectivity index (χ4v) is 3.82. The van der Waals surface area contributed by atoms with Gasteiger partial charge in [0, 0.05) is 16.5 Å². The van der Waals surface area contributed by atoms with Crippen LogP contribution in [-0.4, -0.2) is 23.7 Å². The molecule has 2 aromatic carbocycles. The maximum absolute atomic E-state index is 10.9. The number of rotatable bonds is 1. The summed E-state index contributed by atoms with van der Waals surface area (Å²) in [5.41, 5.74) is 7.04. The third-order valence-corrected chi connectivity index (χ3v) is 5.24. The van der Waals surface area contributed by atoms with Gasteiger partial charge in [0.2, 0.25) is 0 Å². The zero-order valence-electron chi connectivity index (χ0n) is 13.2. The average molecular weight is 388 g/mol. The van der Waals surface area contributed by atoms with Crippen molar-refractivity contribution in [2.45, 2.75) is 18.1 Å². The molecule has 0 radical (unpaired) electrons. The van der Waals surface area contributed by atoms with Gasteiger partial charge in [-0.25, -0.2) is 4.79 Å². The fourth-order valence-electron chi connectivity index (χ4n) is 3.46. The quantitative estimate of drug-likeness (QED) is 0.727. The van der Waals surface area contributed by atoms with Gasteiger partial charge in [-0.05, 0) is 23.8 Å². The van der Waals surface area contributed by atoms with Crippen LogP contribution in [-0.2, 0) is 5.54 Å². The number of ether oxygens (including phenoxy) is 1. The van der Waals surface area contributed by atoms with Crippen LogP contribution >= 0.6 is 15.9 Å². The second kappa shape index (κ2) is 5.43. The van der Waals surface area contributed by atoms with E-state index in [1.807, 2.05) is 48.5 Å². The van der Waals surface area contributed by atoms with E-state index in [0.29, 0.717) is 17.3 Å². The zero-order valence-corrected chi connectivity index (χ0v) is 14.7. The minimum absolute atomic E-state index is 0.204. The minimum Gasteiger partial charge on any atom is -0.485 e. The smallest absolute Gasteiger partial charge is 0.485 e. The van der Waals surface area contributed by atoms with Gasteiger partial charge in [0.25, 0.3) is 5.54 Å². The molecule has 1 amide bonds. The van der Waals surface area contributed by atoms with Crippen LogP contribution in [0.1, 0.15) is 23.7 Å². The van der Waals surface area contributed by atoms with Crippen LogP contribution in [0.2, 0.25) is 0 Å². The number of carbonyl (C=O) groups excluding carboxylic acids is 1. The van der Waals surface area contributed by atoms with E-state index < -0.39 is 5.54 Å². The van der Waals surface area contributed by atoms with Crippen molar-refractivity contribution in [3.8, 4) is 5.75 Å². The Morgan fingerprint density at radius 1 is 1.29 bits per heavy atom. The number of aliphatic imine (C=N–C) groups is 1. The number of nitrogens with two attached hydrogens (primary N) is 1. The standard InChI is InChI=1S/C18H16BrN3O2/c1-22-16(23)18(21-17(22)20)10-15(11-5-3-2-4-6-11)24-14-8-7-12(19)9-13(14)18/h2-9,15H,10H2,1H3,(H2,20,21)/p+2. The fraction of sp³-hybridized carbons (Fsp3) is 0.222. The molecule has 0 bridgehead atoms. The Bertz CT molecular complexity index is 853. The van der Waals surface area contributed by atoms with Crippen LogP contribution in [0.4, 0.5) is 0 Å². The topological polar surface area (TPSA) is 73.5 Å². The lowest BCUT2D eigenvalue weighted by atomic mass is 9.80. The first-order valence-corrected chi connectivity index (χ1v) is 8.58. The molecule has 2 heterocycles. The monoisotopic (exact) mass is 387 g/mol. The highest BCUT2D eigenvalue weighted by atomic mass is 79.9. The molecule has 24 heavy (non-hydrogen) atoms. The van der Waals surface area contributed by atoms with E-state index in [0.717, 1.165) is 21.3 Å². The van der Waals surface area contributed by atoms with Crippen molar-refractivity contribution in [3.63, 3.8) is 0 Å². The lowest BCUT2D eigenvalue weighted by Gasteiger charge is -2.33. The van der Waals surface area contributed by atoms with Gasteiger partial charge in [-0.15, -0.1) is 0 Å². The summed E-state index contributed by atoms with van der Waals surface area (Å²) in [6.07, 6.45) is 0.300. The van der Waals surface area contributed by atoms with E-state index in [4.69, 9.17) is 10.5 Å². The Kier molecular flexibility index (Phi) is 3.47. The van der Waals surface area contributed by atoms with Gasteiger partial charge in [-0.1, -0.05) is 46.3 Å².